The maximum absolute atomic E-state index is 12.8. The first-order valence-electron chi connectivity index (χ1n) is 22.0. The van der Waals surface area contributed by atoms with Crippen LogP contribution >= 0.6 is 58.4 Å². The number of aliphatic hydroxyl groups is 1. The highest BCUT2D eigenvalue weighted by Crippen LogP contribution is 2.40. The molecule has 2 heterocycles. The van der Waals surface area contributed by atoms with Crippen LogP contribution in [0.15, 0.2) is 82.6 Å². The highest BCUT2D eigenvalue weighted by atomic mass is 35.5. The summed E-state index contributed by atoms with van der Waals surface area (Å²) in [5, 5.41) is 17.7. The van der Waals surface area contributed by atoms with E-state index >= 15 is 0 Å². The van der Waals surface area contributed by atoms with Crippen molar-refractivity contribution in [1.29, 1.82) is 0 Å². The van der Waals surface area contributed by atoms with Crippen molar-refractivity contribution in [2.75, 3.05) is 106 Å². The van der Waals surface area contributed by atoms with E-state index in [9.17, 15) is 18.9 Å². The van der Waals surface area contributed by atoms with Gasteiger partial charge in [0.15, 0.2) is 0 Å². The Morgan fingerprint density at radius 1 is 0.657 bits per heavy atom. The standard InChI is InChI=1S/C47H58Cl4N6O8S2/c1-56-27-39(37-23-33(48)25-43(50)41(37)29-56)31-3-7-35(8-4-31)66-54-13-17-64-21-19-62-15-11-52-46(59)45(58)47(60)53-12-16-63-20-22-65-18-14-55-67(61)36-9-5-32(6-10-36)40-28-57(2)30-42-38(40)24-34(49)26-44(42)51/h3-10,23-26,39-40,45,54-55,58H,11-22,27-30H2,1-2H3,(H,52,59)(H,53,60). The molecule has 6 rings (SSSR count). The van der Waals surface area contributed by atoms with Crippen LogP contribution in [0.25, 0.3) is 0 Å². The molecule has 67 heavy (non-hydrogen) atoms. The van der Waals surface area contributed by atoms with Crippen LogP contribution in [0, 0.1) is 0 Å². The Morgan fingerprint density at radius 3 is 1.57 bits per heavy atom. The molecule has 4 unspecified atom stereocenters. The first-order valence-corrected chi connectivity index (χ1v) is 25.5. The van der Waals surface area contributed by atoms with Crippen molar-refractivity contribution in [2.24, 2.45) is 0 Å². The largest absolute Gasteiger partial charge is 0.378 e. The third-order valence-corrected chi connectivity index (χ3v) is 14.2. The molecule has 2 aliphatic rings. The number of ether oxygens (including phenoxy) is 4. The van der Waals surface area contributed by atoms with Gasteiger partial charge in [-0.1, -0.05) is 70.7 Å². The van der Waals surface area contributed by atoms with Gasteiger partial charge in [-0.05, 0) is 108 Å². The second kappa shape index (κ2) is 27.5. The fraction of sp³-hybridized carbons (Fsp3) is 0.447. The zero-order valence-electron chi connectivity index (χ0n) is 37.5. The summed E-state index contributed by atoms with van der Waals surface area (Å²) in [5.74, 6) is -1.37. The van der Waals surface area contributed by atoms with E-state index < -0.39 is 28.9 Å². The zero-order valence-corrected chi connectivity index (χ0v) is 42.2. The van der Waals surface area contributed by atoms with E-state index in [2.05, 4.69) is 68.2 Å². The van der Waals surface area contributed by atoms with E-state index in [1.165, 1.54) is 23.1 Å². The predicted octanol–water partition coefficient (Wildman–Crippen LogP) is 6.02. The number of carbonyl (C=O) groups is 2. The number of hydrogen-bond acceptors (Lipinski definition) is 12. The van der Waals surface area contributed by atoms with Crippen LogP contribution in [0.5, 0.6) is 0 Å². The Bertz CT molecular complexity index is 2270. The molecule has 5 N–H and O–H groups in total. The van der Waals surface area contributed by atoms with E-state index in [0.717, 1.165) is 53.3 Å². The summed E-state index contributed by atoms with van der Waals surface area (Å²) in [6.07, 6.45) is -1.86. The molecular weight excluding hydrogens is 982 g/mol. The van der Waals surface area contributed by atoms with Crippen molar-refractivity contribution < 1.29 is 37.9 Å². The van der Waals surface area contributed by atoms with Crippen molar-refractivity contribution in [3.63, 3.8) is 0 Å². The third kappa shape index (κ3) is 16.3. The summed E-state index contributed by atoms with van der Waals surface area (Å²) in [6.45, 7) is 6.88. The molecule has 0 aliphatic carbocycles. The van der Waals surface area contributed by atoms with Crippen LogP contribution in [0.2, 0.25) is 20.1 Å². The monoisotopic (exact) mass is 1040 g/mol. The van der Waals surface area contributed by atoms with Crippen molar-refractivity contribution >= 4 is 81.2 Å². The molecule has 4 aromatic rings. The average Bonchev–Trinajstić information content (AvgIpc) is 3.31. The molecule has 4 aromatic carbocycles. The van der Waals surface area contributed by atoms with Gasteiger partial charge in [0, 0.05) is 89.2 Å². The summed E-state index contributed by atoms with van der Waals surface area (Å²) < 4.78 is 41.2. The van der Waals surface area contributed by atoms with Crippen LogP contribution < -0.4 is 20.1 Å². The van der Waals surface area contributed by atoms with Gasteiger partial charge in [-0.15, -0.1) is 0 Å². The Morgan fingerprint density at radius 2 is 1.09 bits per heavy atom. The maximum atomic E-state index is 12.8. The lowest BCUT2D eigenvalue weighted by Gasteiger charge is -2.33. The first kappa shape index (κ1) is 53.5. The summed E-state index contributed by atoms with van der Waals surface area (Å²) in [4.78, 5) is 30.7. The zero-order chi connectivity index (χ0) is 47.7. The quantitative estimate of drug-likeness (QED) is 0.0283. The molecule has 0 spiro atoms. The van der Waals surface area contributed by atoms with Gasteiger partial charge in [0.05, 0.1) is 57.8 Å². The minimum Gasteiger partial charge on any atom is -0.378 e. The lowest BCUT2D eigenvalue weighted by Crippen LogP contribution is -2.47. The Kier molecular flexibility index (Phi) is 21.9. The number of amides is 2. The van der Waals surface area contributed by atoms with Crippen molar-refractivity contribution in [3.8, 4) is 0 Å². The average molecular weight is 1040 g/mol. The lowest BCUT2D eigenvalue weighted by atomic mass is 9.85. The van der Waals surface area contributed by atoms with Crippen molar-refractivity contribution in [1.82, 2.24) is 29.9 Å². The number of hydrogen-bond donors (Lipinski definition) is 5. The molecule has 364 valence electrons. The fourth-order valence-electron chi connectivity index (χ4n) is 7.84. The molecule has 4 atom stereocenters. The van der Waals surface area contributed by atoms with Crippen LogP contribution in [-0.4, -0.2) is 143 Å². The highest BCUT2D eigenvalue weighted by molar-refractivity contribution is 7.97. The molecule has 0 bridgehead atoms. The summed E-state index contributed by atoms with van der Waals surface area (Å²) >= 11 is 27.2. The molecule has 20 heteroatoms. The summed E-state index contributed by atoms with van der Waals surface area (Å²) in [6, 6.07) is 23.8. The minimum absolute atomic E-state index is 0.0967. The van der Waals surface area contributed by atoms with Gasteiger partial charge in [0.1, 0.15) is 11.0 Å². The van der Waals surface area contributed by atoms with Crippen molar-refractivity contribution in [3.05, 3.63) is 126 Å². The normalized spacial score (nSPS) is 17.1. The van der Waals surface area contributed by atoms with Gasteiger partial charge in [-0.3, -0.25) is 14.3 Å². The summed E-state index contributed by atoms with van der Waals surface area (Å²) in [7, 11) is 2.74. The van der Waals surface area contributed by atoms with Crippen molar-refractivity contribution in [2.45, 2.75) is 40.8 Å². The first-order chi connectivity index (χ1) is 32.4. The van der Waals surface area contributed by atoms with Gasteiger partial charge in [-0.25, -0.2) is 8.93 Å². The Labute approximate surface area is 419 Å². The molecule has 0 saturated heterocycles. The van der Waals surface area contributed by atoms with Gasteiger partial charge in [0.2, 0.25) is 6.10 Å². The number of carbonyl (C=O) groups excluding carboxylic acids is 2. The third-order valence-electron chi connectivity index (χ3n) is 11.1. The molecule has 0 saturated carbocycles. The Hall–Kier alpha value is -2.88. The highest BCUT2D eigenvalue weighted by Gasteiger charge is 2.29. The van der Waals surface area contributed by atoms with Crippen LogP contribution in [0.1, 0.15) is 45.2 Å². The van der Waals surface area contributed by atoms with E-state index in [-0.39, 0.29) is 51.4 Å². The second-order valence-electron chi connectivity index (χ2n) is 16.1. The number of benzene rings is 4. The van der Waals surface area contributed by atoms with Gasteiger partial charge in [0.25, 0.3) is 11.8 Å². The molecule has 14 nitrogen and oxygen atoms in total. The van der Waals surface area contributed by atoms with Crippen LogP contribution in [-0.2, 0) is 52.6 Å². The molecule has 2 amide bonds. The fourth-order valence-corrected chi connectivity index (χ4v) is 10.4. The van der Waals surface area contributed by atoms with Gasteiger partial charge in [-0.2, -0.15) is 0 Å². The lowest BCUT2D eigenvalue weighted by molar-refractivity contribution is -0.141. The number of aliphatic hydroxyl groups excluding tert-OH is 1. The van der Waals surface area contributed by atoms with Gasteiger partial charge < -0.3 is 44.5 Å². The molecular formula is C47H58Cl4N6O8S2. The van der Waals surface area contributed by atoms with E-state index in [1.54, 1.807) is 6.07 Å². The number of nitrogens with one attached hydrogen (secondary N) is 4. The summed E-state index contributed by atoms with van der Waals surface area (Å²) in [5.41, 5.74) is 6.82. The number of rotatable bonds is 26. The SMILES string of the molecule is CN1Cc2c(Cl)cc(Cl)cc2C(c2ccc(SNCCOCCOCCNC(=O)C(O)C(=O)NCCOCCOCCNS(=O)c3ccc(C4CN(C)Cc5c(Cl)cc(Cl)cc54)cc3)cc2)C1. The number of halogens is 4. The number of likely N-dealkylation sites (N-methyl/N-ethyl adjacent to an activating group) is 2. The molecule has 0 radical (unpaired) electrons. The topological polar surface area (TPSA) is 163 Å². The smallest absolute Gasteiger partial charge is 0.258 e. The van der Waals surface area contributed by atoms with E-state index in [4.69, 9.17) is 65.4 Å². The molecule has 0 fully saturated rings. The number of nitrogens with zero attached hydrogens (tertiary/aromatic N) is 2. The van der Waals surface area contributed by atoms with Crippen LogP contribution in [0.4, 0.5) is 0 Å². The molecule has 2 aliphatic heterocycles. The minimum atomic E-state index is -1.86. The predicted molar refractivity (Wildman–Crippen MR) is 266 cm³/mol. The van der Waals surface area contributed by atoms with Crippen LogP contribution in [0.3, 0.4) is 0 Å². The van der Waals surface area contributed by atoms with Gasteiger partial charge >= 0.3 is 0 Å². The van der Waals surface area contributed by atoms with E-state index in [1.807, 2.05) is 42.5 Å². The van der Waals surface area contributed by atoms with E-state index in [0.29, 0.717) is 64.5 Å². The Balaban J connectivity index is 0.720. The maximum Gasteiger partial charge on any atom is 0.258 e. The molecule has 0 aromatic heterocycles. The second-order valence-corrected chi connectivity index (χ2v) is 20.1. The number of fused-ring (bicyclic) bond motifs is 2.